The largest absolute Gasteiger partial charge is 0.316 e. The van der Waals surface area contributed by atoms with Crippen molar-refractivity contribution < 1.29 is 8.42 Å². The first kappa shape index (κ1) is 16.5. The van der Waals surface area contributed by atoms with E-state index in [1.165, 1.54) is 6.07 Å². The predicted molar refractivity (Wildman–Crippen MR) is 87.3 cm³/mol. The van der Waals surface area contributed by atoms with Crippen LogP contribution in [0.2, 0.25) is 5.02 Å². The smallest absolute Gasteiger partial charge is 0.240 e. The molecule has 0 bridgehead atoms. The lowest BCUT2D eigenvalue weighted by molar-refractivity contribution is 0.582. The fraction of sp³-hybridized carbons (Fsp3) is 0.286. The first-order valence-corrected chi connectivity index (χ1v) is 9.08. The van der Waals surface area contributed by atoms with Crippen LogP contribution in [0.15, 0.2) is 35.2 Å². The third-order valence-corrected chi connectivity index (χ3v) is 5.69. The molecule has 0 aliphatic carbocycles. The lowest BCUT2D eigenvalue weighted by atomic mass is 10.2. The Hall–Kier alpha value is -0.920. The van der Waals surface area contributed by atoms with Gasteiger partial charge < -0.3 is 5.32 Å². The minimum absolute atomic E-state index is 0.181. The van der Waals surface area contributed by atoms with E-state index >= 15 is 0 Å². The van der Waals surface area contributed by atoms with Crippen LogP contribution in [0, 0.1) is 6.92 Å². The molecule has 1 aromatic carbocycles. The summed E-state index contributed by atoms with van der Waals surface area (Å²) in [7, 11) is -1.74. The van der Waals surface area contributed by atoms with Crippen molar-refractivity contribution in [3.63, 3.8) is 0 Å². The molecule has 0 radical (unpaired) electrons. The van der Waals surface area contributed by atoms with Gasteiger partial charge in [-0.3, -0.25) is 0 Å². The molecule has 1 heterocycles. The molecule has 0 saturated carbocycles. The summed E-state index contributed by atoms with van der Waals surface area (Å²) >= 11 is 7.68. The van der Waals surface area contributed by atoms with Crippen molar-refractivity contribution in [1.29, 1.82) is 0 Å². The monoisotopic (exact) mass is 344 g/mol. The zero-order valence-corrected chi connectivity index (χ0v) is 14.2. The number of sulfonamides is 1. The van der Waals surface area contributed by atoms with Crippen LogP contribution in [0.4, 0.5) is 0 Å². The zero-order chi connectivity index (χ0) is 15.5. The van der Waals surface area contributed by atoms with E-state index in [9.17, 15) is 8.42 Å². The van der Waals surface area contributed by atoms with Gasteiger partial charge in [-0.05, 0) is 43.8 Å². The van der Waals surface area contributed by atoms with Crippen molar-refractivity contribution in [1.82, 2.24) is 10.0 Å². The Morgan fingerprint density at radius 1 is 1.19 bits per heavy atom. The van der Waals surface area contributed by atoms with E-state index in [0.29, 0.717) is 11.6 Å². The second kappa shape index (κ2) is 6.89. The van der Waals surface area contributed by atoms with Crippen LogP contribution in [0.1, 0.15) is 15.3 Å². The summed E-state index contributed by atoms with van der Waals surface area (Å²) in [5, 5.41) is 3.43. The van der Waals surface area contributed by atoms with E-state index in [1.807, 2.05) is 26.1 Å². The highest BCUT2D eigenvalue weighted by atomic mass is 35.5. The van der Waals surface area contributed by atoms with Gasteiger partial charge in [0.1, 0.15) is 0 Å². The minimum Gasteiger partial charge on any atom is -0.316 e. The standard InChI is InChI=1S/C14H17ClN2O2S2/c1-10-3-5-12(20-10)9-17-21(18,19)13-6-4-11(8-16-2)14(15)7-13/h3-7,16-17H,8-9H2,1-2H3. The molecule has 0 aliphatic heterocycles. The van der Waals surface area contributed by atoms with Gasteiger partial charge in [0.25, 0.3) is 0 Å². The van der Waals surface area contributed by atoms with E-state index in [1.54, 1.807) is 23.5 Å². The second-order valence-corrected chi connectivity index (χ2v) is 8.17. The third kappa shape index (κ3) is 4.28. The molecule has 0 aliphatic rings. The average Bonchev–Trinajstić information content (AvgIpc) is 2.85. The molecule has 0 fully saturated rings. The van der Waals surface area contributed by atoms with Crippen LogP contribution in [0.3, 0.4) is 0 Å². The van der Waals surface area contributed by atoms with Gasteiger partial charge in [0.15, 0.2) is 0 Å². The quantitative estimate of drug-likeness (QED) is 0.847. The average molecular weight is 345 g/mol. The molecule has 0 saturated heterocycles. The molecule has 0 unspecified atom stereocenters. The molecule has 4 nitrogen and oxygen atoms in total. The Morgan fingerprint density at radius 2 is 1.95 bits per heavy atom. The lowest BCUT2D eigenvalue weighted by Gasteiger charge is -2.09. The molecular weight excluding hydrogens is 328 g/mol. The number of rotatable bonds is 6. The SMILES string of the molecule is CNCc1ccc(S(=O)(=O)NCc2ccc(C)s2)cc1Cl. The van der Waals surface area contributed by atoms with Crippen molar-refractivity contribution in [3.8, 4) is 0 Å². The highest BCUT2D eigenvalue weighted by Crippen LogP contribution is 2.21. The normalized spacial score (nSPS) is 11.8. The van der Waals surface area contributed by atoms with Crippen LogP contribution in [0.25, 0.3) is 0 Å². The molecule has 0 atom stereocenters. The van der Waals surface area contributed by atoms with E-state index in [4.69, 9.17) is 11.6 Å². The molecule has 21 heavy (non-hydrogen) atoms. The molecule has 2 N–H and O–H groups in total. The van der Waals surface area contributed by atoms with E-state index in [-0.39, 0.29) is 11.4 Å². The summed E-state index contributed by atoms with van der Waals surface area (Å²) in [6.45, 7) is 2.88. The van der Waals surface area contributed by atoms with Crippen molar-refractivity contribution in [2.24, 2.45) is 0 Å². The van der Waals surface area contributed by atoms with Gasteiger partial charge in [0, 0.05) is 27.9 Å². The van der Waals surface area contributed by atoms with Crippen molar-refractivity contribution >= 4 is 33.0 Å². The fourth-order valence-electron chi connectivity index (χ4n) is 1.86. The van der Waals surface area contributed by atoms with Gasteiger partial charge in [0.2, 0.25) is 10.0 Å². The molecule has 2 aromatic rings. The topological polar surface area (TPSA) is 58.2 Å². The number of thiophene rings is 1. The van der Waals surface area contributed by atoms with E-state index in [2.05, 4.69) is 10.0 Å². The summed E-state index contributed by atoms with van der Waals surface area (Å²) < 4.78 is 27.1. The Balaban J connectivity index is 2.13. The summed E-state index contributed by atoms with van der Waals surface area (Å²) in [5.74, 6) is 0. The Morgan fingerprint density at radius 3 is 2.52 bits per heavy atom. The maximum absolute atomic E-state index is 12.3. The first-order chi connectivity index (χ1) is 9.92. The summed E-state index contributed by atoms with van der Waals surface area (Å²) in [4.78, 5) is 2.32. The minimum atomic E-state index is -3.55. The van der Waals surface area contributed by atoms with Gasteiger partial charge in [-0.25, -0.2) is 13.1 Å². The van der Waals surface area contributed by atoms with E-state index < -0.39 is 10.0 Å². The first-order valence-electron chi connectivity index (χ1n) is 6.40. The van der Waals surface area contributed by atoms with Gasteiger partial charge in [0.05, 0.1) is 4.90 Å². The van der Waals surface area contributed by atoms with Gasteiger partial charge in [-0.2, -0.15) is 0 Å². The van der Waals surface area contributed by atoms with Gasteiger partial charge >= 0.3 is 0 Å². The molecule has 1 aromatic heterocycles. The van der Waals surface area contributed by atoms with Crippen molar-refractivity contribution in [2.45, 2.75) is 24.9 Å². The van der Waals surface area contributed by atoms with Crippen LogP contribution in [-0.2, 0) is 23.1 Å². The van der Waals surface area contributed by atoms with E-state index in [0.717, 1.165) is 15.3 Å². The number of hydrogen-bond donors (Lipinski definition) is 2. The molecule has 0 amide bonds. The Kier molecular flexibility index (Phi) is 5.40. The Bertz CT molecular complexity index is 726. The molecule has 0 spiro atoms. The molecule has 7 heteroatoms. The number of nitrogens with one attached hydrogen (secondary N) is 2. The number of benzene rings is 1. The highest BCUT2D eigenvalue weighted by molar-refractivity contribution is 7.89. The fourth-order valence-corrected chi connectivity index (χ4v) is 4.12. The number of aryl methyl sites for hydroxylation is 1. The summed E-state index contributed by atoms with van der Waals surface area (Å²) in [6.07, 6.45) is 0. The lowest BCUT2D eigenvalue weighted by Crippen LogP contribution is -2.23. The third-order valence-electron chi connectivity index (χ3n) is 2.93. The van der Waals surface area contributed by atoms with Crippen molar-refractivity contribution in [2.75, 3.05) is 7.05 Å². The Labute approximate surface area is 134 Å². The molecule has 114 valence electrons. The number of hydrogen-bond acceptors (Lipinski definition) is 4. The van der Waals surface area contributed by atoms with Crippen LogP contribution >= 0.6 is 22.9 Å². The van der Waals surface area contributed by atoms with Crippen LogP contribution in [-0.4, -0.2) is 15.5 Å². The zero-order valence-electron chi connectivity index (χ0n) is 11.8. The number of halogens is 1. The van der Waals surface area contributed by atoms with Gasteiger partial charge in [-0.1, -0.05) is 17.7 Å². The second-order valence-electron chi connectivity index (χ2n) is 4.62. The highest BCUT2D eigenvalue weighted by Gasteiger charge is 2.15. The van der Waals surface area contributed by atoms with Crippen LogP contribution in [0.5, 0.6) is 0 Å². The summed E-state index contributed by atoms with van der Waals surface area (Å²) in [5.41, 5.74) is 0.868. The maximum atomic E-state index is 12.3. The maximum Gasteiger partial charge on any atom is 0.240 e. The van der Waals surface area contributed by atoms with Gasteiger partial charge in [-0.15, -0.1) is 11.3 Å². The molecular formula is C14H17ClN2O2S2. The molecule has 2 rings (SSSR count). The van der Waals surface area contributed by atoms with Crippen LogP contribution < -0.4 is 10.0 Å². The summed E-state index contributed by atoms with van der Waals surface area (Å²) in [6, 6.07) is 8.67. The van der Waals surface area contributed by atoms with Crippen molar-refractivity contribution in [3.05, 3.63) is 50.7 Å². The predicted octanol–water partition coefficient (Wildman–Crippen LogP) is 2.91.